The summed E-state index contributed by atoms with van der Waals surface area (Å²) in [5.41, 5.74) is 1.28. The standard InChI is InChI=1S/C15H24BrNO/c1-11(2)5-6-12(3)17-10-13-7-8-15(18-4)14(16)9-13/h7-9,11-12,17H,5-6,10H2,1-4H3. The van der Waals surface area contributed by atoms with E-state index >= 15 is 0 Å². The molecule has 0 radical (unpaired) electrons. The number of ether oxygens (including phenoxy) is 1. The molecule has 0 amide bonds. The molecule has 18 heavy (non-hydrogen) atoms. The smallest absolute Gasteiger partial charge is 0.133 e. The summed E-state index contributed by atoms with van der Waals surface area (Å²) in [6.45, 7) is 7.70. The SMILES string of the molecule is COc1ccc(CNC(C)CCC(C)C)cc1Br. The Bertz CT molecular complexity index is 366. The summed E-state index contributed by atoms with van der Waals surface area (Å²) in [4.78, 5) is 0. The van der Waals surface area contributed by atoms with Crippen LogP contribution in [0.2, 0.25) is 0 Å². The van der Waals surface area contributed by atoms with Gasteiger partial charge in [0.25, 0.3) is 0 Å². The van der Waals surface area contributed by atoms with Gasteiger partial charge >= 0.3 is 0 Å². The fraction of sp³-hybridized carbons (Fsp3) is 0.600. The predicted molar refractivity (Wildman–Crippen MR) is 81.1 cm³/mol. The van der Waals surface area contributed by atoms with E-state index < -0.39 is 0 Å². The van der Waals surface area contributed by atoms with E-state index in [2.05, 4.69) is 54.2 Å². The van der Waals surface area contributed by atoms with Gasteiger partial charge in [0.15, 0.2) is 0 Å². The molecule has 0 aliphatic carbocycles. The maximum absolute atomic E-state index is 5.22. The van der Waals surface area contributed by atoms with E-state index in [4.69, 9.17) is 4.74 Å². The van der Waals surface area contributed by atoms with E-state index in [9.17, 15) is 0 Å². The van der Waals surface area contributed by atoms with Gasteiger partial charge in [-0.1, -0.05) is 19.9 Å². The number of benzene rings is 1. The maximum atomic E-state index is 5.22. The van der Waals surface area contributed by atoms with Crippen molar-refractivity contribution in [1.82, 2.24) is 5.32 Å². The van der Waals surface area contributed by atoms with Crippen molar-refractivity contribution in [3.05, 3.63) is 28.2 Å². The van der Waals surface area contributed by atoms with E-state index in [1.165, 1.54) is 18.4 Å². The van der Waals surface area contributed by atoms with Gasteiger partial charge in [-0.2, -0.15) is 0 Å². The molecule has 1 atom stereocenters. The Balaban J connectivity index is 2.41. The highest BCUT2D eigenvalue weighted by atomic mass is 79.9. The highest BCUT2D eigenvalue weighted by Gasteiger charge is 2.05. The van der Waals surface area contributed by atoms with Crippen LogP contribution in [0.25, 0.3) is 0 Å². The van der Waals surface area contributed by atoms with Crippen LogP contribution in [0.5, 0.6) is 5.75 Å². The molecule has 0 aromatic heterocycles. The zero-order chi connectivity index (χ0) is 13.5. The number of nitrogens with one attached hydrogen (secondary N) is 1. The van der Waals surface area contributed by atoms with Gasteiger partial charge in [0.05, 0.1) is 11.6 Å². The average Bonchev–Trinajstić information content (AvgIpc) is 2.34. The molecular formula is C15H24BrNO. The van der Waals surface area contributed by atoms with Gasteiger partial charge in [0.1, 0.15) is 5.75 Å². The van der Waals surface area contributed by atoms with Gasteiger partial charge in [-0.25, -0.2) is 0 Å². The van der Waals surface area contributed by atoms with Crippen molar-refractivity contribution in [3.63, 3.8) is 0 Å². The average molecular weight is 314 g/mol. The van der Waals surface area contributed by atoms with Gasteiger partial charge in [-0.15, -0.1) is 0 Å². The quantitative estimate of drug-likeness (QED) is 0.807. The summed E-state index contributed by atoms with van der Waals surface area (Å²) in [5, 5.41) is 3.56. The van der Waals surface area contributed by atoms with E-state index in [1.54, 1.807) is 7.11 Å². The fourth-order valence-corrected chi connectivity index (χ4v) is 2.39. The number of rotatable bonds is 7. The molecule has 0 spiro atoms. The van der Waals surface area contributed by atoms with Gasteiger partial charge < -0.3 is 10.1 Å². The molecule has 0 heterocycles. The highest BCUT2D eigenvalue weighted by molar-refractivity contribution is 9.10. The minimum atomic E-state index is 0.563. The lowest BCUT2D eigenvalue weighted by atomic mass is 10.0. The molecule has 0 fully saturated rings. The van der Waals surface area contributed by atoms with Crippen molar-refractivity contribution in [2.45, 2.75) is 46.2 Å². The Morgan fingerprint density at radius 2 is 1.94 bits per heavy atom. The van der Waals surface area contributed by atoms with E-state index in [0.29, 0.717) is 6.04 Å². The summed E-state index contributed by atoms with van der Waals surface area (Å²) in [7, 11) is 1.69. The minimum absolute atomic E-state index is 0.563. The first-order chi connectivity index (χ1) is 8.52. The molecule has 1 aromatic carbocycles. The molecule has 0 aliphatic heterocycles. The second-order valence-electron chi connectivity index (χ2n) is 5.22. The van der Waals surface area contributed by atoms with Crippen LogP contribution in [0.4, 0.5) is 0 Å². The van der Waals surface area contributed by atoms with E-state index in [0.717, 1.165) is 22.7 Å². The summed E-state index contributed by atoms with van der Waals surface area (Å²) in [5.74, 6) is 1.66. The Hall–Kier alpha value is -0.540. The van der Waals surface area contributed by atoms with Crippen LogP contribution in [-0.4, -0.2) is 13.2 Å². The maximum Gasteiger partial charge on any atom is 0.133 e. The first-order valence-corrected chi connectivity index (χ1v) is 7.38. The van der Waals surface area contributed by atoms with Crippen LogP contribution >= 0.6 is 15.9 Å². The summed E-state index contributed by atoms with van der Waals surface area (Å²) < 4.78 is 6.24. The third kappa shape index (κ3) is 5.40. The molecule has 102 valence electrons. The van der Waals surface area contributed by atoms with Gasteiger partial charge in [-0.05, 0) is 59.3 Å². The fourth-order valence-electron chi connectivity index (χ4n) is 1.80. The monoisotopic (exact) mass is 313 g/mol. The molecule has 1 unspecified atom stereocenters. The molecular weight excluding hydrogens is 290 g/mol. The Morgan fingerprint density at radius 1 is 1.22 bits per heavy atom. The number of hydrogen-bond donors (Lipinski definition) is 1. The molecule has 2 nitrogen and oxygen atoms in total. The van der Waals surface area contributed by atoms with Crippen molar-refractivity contribution < 1.29 is 4.74 Å². The summed E-state index contributed by atoms with van der Waals surface area (Å²) in [6.07, 6.45) is 2.51. The van der Waals surface area contributed by atoms with Crippen LogP contribution in [-0.2, 0) is 6.54 Å². The Morgan fingerprint density at radius 3 is 2.50 bits per heavy atom. The third-order valence-electron chi connectivity index (χ3n) is 3.05. The van der Waals surface area contributed by atoms with Crippen LogP contribution < -0.4 is 10.1 Å². The lowest BCUT2D eigenvalue weighted by Crippen LogP contribution is -2.25. The van der Waals surface area contributed by atoms with E-state index in [-0.39, 0.29) is 0 Å². The molecule has 0 aliphatic rings. The lowest BCUT2D eigenvalue weighted by molar-refractivity contribution is 0.411. The first kappa shape index (κ1) is 15.5. The second kappa shape index (κ2) is 7.80. The highest BCUT2D eigenvalue weighted by Crippen LogP contribution is 2.25. The number of hydrogen-bond acceptors (Lipinski definition) is 2. The van der Waals surface area contributed by atoms with Crippen molar-refractivity contribution >= 4 is 15.9 Å². The first-order valence-electron chi connectivity index (χ1n) is 6.58. The minimum Gasteiger partial charge on any atom is -0.496 e. The molecule has 0 saturated carbocycles. The molecule has 0 saturated heterocycles. The lowest BCUT2D eigenvalue weighted by Gasteiger charge is -2.15. The van der Waals surface area contributed by atoms with Crippen LogP contribution in [0.1, 0.15) is 39.2 Å². The summed E-state index contributed by atoms with van der Waals surface area (Å²) in [6, 6.07) is 6.78. The van der Waals surface area contributed by atoms with Crippen LogP contribution in [0, 0.1) is 5.92 Å². The van der Waals surface area contributed by atoms with Crippen LogP contribution in [0.3, 0.4) is 0 Å². The Kier molecular flexibility index (Phi) is 6.72. The van der Waals surface area contributed by atoms with Gasteiger partial charge in [-0.3, -0.25) is 0 Å². The normalized spacial score (nSPS) is 12.8. The molecule has 1 rings (SSSR count). The van der Waals surface area contributed by atoms with Crippen LogP contribution in [0.15, 0.2) is 22.7 Å². The zero-order valence-electron chi connectivity index (χ0n) is 11.8. The third-order valence-corrected chi connectivity index (χ3v) is 3.67. The van der Waals surface area contributed by atoms with Crippen molar-refractivity contribution in [3.8, 4) is 5.75 Å². The van der Waals surface area contributed by atoms with E-state index in [1.807, 2.05) is 6.07 Å². The molecule has 0 bridgehead atoms. The second-order valence-corrected chi connectivity index (χ2v) is 6.08. The molecule has 1 aromatic rings. The van der Waals surface area contributed by atoms with Gasteiger partial charge in [0.2, 0.25) is 0 Å². The molecule has 1 N–H and O–H groups in total. The summed E-state index contributed by atoms with van der Waals surface area (Å²) >= 11 is 3.51. The predicted octanol–water partition coefficient (Wildman–Crippen LogP) is 4.37. The molecule has 3 heteroatoms. The Labute approximate surface area is 119 Å². The van der Waals surface area contributed by atoms with Crippen molar-refractivity contribution in [1.29, 1.82) is 0 Å². The largest absolute Gasteiger partial charge is 0.496 e. The van der Waals surface area contributed by atoms with Crippen molar-refractivity contribution in [2.24, 2.45) is 5.92 Å². The number of methoxy groups -OCH3 is 1. The number of halogens is 1. The topological polar surface area (TPSA) is 21.3 Å². The van der Waals surface area contributed by atoms with Crippen molar-refractivity contribution in [2.75, 3.05) is 7.11 Å². The zero-order valence-corrected chi connectivity index (χ0v) is 13.4. The van der Waals surface area contributed by atoms with Gasteiger partial charge in [0, 0.05) is 12.6 Å².